The highest BCUT2D eigenvalue weighted by molar-refractivity contribution is 7.48. The standard InChI is InChI=1S/C3H6O7P2/c4-2(5)1-3-8-11(6)10-12(7)9-3/h3,11-12H,1H2,(H,4,5). The lowest BCUT2D eigenvalue weighted by Gasteiger charge is -2.20. The van der Waals surface area contributed by atoms with Crippen molar-refractivity contribution in [3.8, 4) is 0 Å². The summed E-state index contributed by atoms with van der Waals surface area (Å²) in [6, 6.07) is 0. The van der Waals surface area contributed by atoms with Crippen molar-refractivity contribution in [3.05, 3.63) is 0 Å². The fraction of sp³-hybridized carbons (Fsp3) is 0.667. The van der Waals surface area contributed by atoms with E-state index in [0.717, 1.165) is 0 Å². The van der Waals surface area contributed by atoms with Gasteiger partial charge in [-0.2, -0.15) is 0 Å². The molecule has 1 heterocycles. The van der Waals surface area contributed by atoms with Gasteiger partial charge in [0, 0.05) is 0 Å². The maximum Gasteiger partial charge on any atom is 0.328 e. The third kappa shape index (κ3) is 3.05. The number of carbonyl (C=O) groups is 1. The molecule has 1 N–H and O–H groups in total. The molecule has 1 aliphatic rings. The Balaban J connectivity index is 2.49. The fourth-order valence-electron chi connectivity index (χ4n) is 0.581. The molecule has 0 aromatic heterocycles. The summed E-state index contributed by atoms with van der Waals surface area (Å²) < 4.78 is 34.1. The molecule has 0 saturated carbocycles. The van der Waals surface area contributed by atoms with Crippen LogP contribution in [-0.4, -0.2) is 17.4 Å². The highest BCUT2D eigenvalue weighted by Gasteiger charge is 2.26. The van der Waals surface area contributed by atoms with Gasteiger partial charge in [-0.3, -0.25) is 23.0 Å². The second kappa shape index (κ2) is 4.16. The van der Waals surface area contributed by atoms with Crippen LogP contribution in [0.15, 0.2) is 0 Å². The number of hydrogen-bond acceptors (Lipinski definition) is 6. The largest absolute Gasteiger partial charge is 0.481 e. The van der Waals surface area contributed by atoms with Crippen molar-refractivity contribution in [1.82, 2.24) is 0 Å². The van der Waals surface area contributed by atoms with Gasteiger partial charge in [0.1, 0.15) is 0 Å². The summed E-state index contributed by atoms with van der Waals surface area (Å²) in [5.41, 5.74) is 0. The monoisotopic (exact) mass is 216 g/mol. The lowest BCUT2D eigenvalue weighted by Crippen LogP contribution is -2.18. The maximum atomic E-state index is 10.6. The van der Waals surface area contributed by atoms with Gasteiger partial charge in [-0.25, -0.2) is 4.31 Å². The Bertz CT molecular complexity index is 218. The highest BCUT2D eigenvalue weighted by atomic mass is 31.2. The first-order valence-electron chi connectivity index (χ1n) is 2.89. The van der Waals surface area contributed by atoms with E-state index in [1.165, 1.54) is 0 Å². The number of hydrogen-bond donors (Lipinski definition) is 1. The maximum absolute atomic E-state index is 10.6. The van der Waals surface area contributed by atoms with Crippen molar-refractivity contribution < 1.29 is 32.4 Å². The second-order valence-corrected chi connectivity index (χ2v) is 4.15. The van der Waals surface area contributed by atoms with Crippen LogP contribution >= 0.6 is 16.5 Å². The van der Waals surface area contributed by atoms with E-state index in [1.54, 1.807) is 0 Å². The zero-order chi connectivity index (χ0) is 9.14. The lowest BCUT2D eigenvalue weighted by molar-refractivity contribution is -0.143. The zero-order valence-corrected chi connectivity index (χ0v) is 7.68. The van der Waals surface area contributed by atoms with Crippen LogP contribution in [-0.2, 0) is 27.3 Å². The SMILES string of the molecule is O=C(O)CC1O[PH](=O)O[PH](=O)O1. The molecule has 7 nitrogen and oxygen atoms in total. The molecule has 12 heavy (non-hydrogen) atoms. The number of carboxylic acids is 1. The van der Waals surface area contributed by atoms with Crippen molar-refractivity contribution in [2.75, 3.05) is 0 Å². The Labute approximate surface area is 68.5 Å². The highest BCUT2D eigenvalue weighted by Crippen LogP contribution is 2.47. The van der Waals surface area contributed by atoms with Crippen molar-refractivity contribution in [1.29, 1.82) is 0 Å². The summed E-state index contributed by atoms with van der Waals surface area (Å²) in [6.45, 7) is 0. The van der Waals surface area contributed by atoms with Gasteiger partial charge in [0.05, 0.1) is 6.42 Å². The summed E-state index contributed by atoms with van der Waals surface area (Å²) in [5, 5.41) is 8.26. The molecule has 1 rings (SSSR count). The topological polar surface area (TPSA) is 99.1 Å². The minimum absolute atomic E-state index is 0.504. The van der Waals surface area contributed by atoms with Gasteiger partial charge in [-0.15, -0.1) is 0 Å². The van der Waals surface area contributed by atoms with E-state index in [0.29, 0.717) is 0 Å². The molecular formula is C3H6O7P2. The Hall–Kier alpha value is -0.190. The van der Waals surface area contributed by atoms with Gasteiger partial charge in [-0.05, 0) is 0 Å². The van der Waals surface area contributed by atoms with Crippen LogP contribution in [0.3, 0.4) is 0 Å². The molecule has 0 radical (unpaired) electrons. The summed E-state index contributed by atoms with van der Waals surface area (Å²) >= 11 is 0. The number of aliphatic carboxylic acids is 1. The van der Waals surface area contributed by atoms with Crippen molar-refractivity contribution in [2.45, 2.75) is 12.7 Å². The van der Waals surface area contributed by atoms with E-state index in [-0.39, 0.29) is 0 Å². The molecule has 70 valence electrons. The third-order valence-electron chi connectivity index (χ3n) is 0.963. The van der Waals surface area contributed by atoms with Crippen molar-refractivity contribution >= 4 is 22.5 Å². The van der Waals surface area contributed by atoms with Crippen LogP contribution < -0.4 is 0 Å². The first-order valence-corrected chi connectivity index (χ1v) is 5.34. The van der Waals surface area contributed by atoms with E-state index in [4.69, 9.17) is 5.11 Å². The first-order chi connectivity index (χ1) is 5.58. The molecule has 2 unspecified atom stereocenters. The molecule has 0 aromatic rings. The first kappa shape index (κ1) is 9.89. The van der Waals surface area contributed by atoms with Gasteiger partial charge < -0.3 is 5.11 Å². The molecule has 9 heteroatoms. The predicted molar refractivity (Wildman–Crippen MR) is 37.3 cm³/mol. The van der Waals surface area contributed by atoms with Crippen molar-refractivity contribution in [3.63, 3.8) is 0 Å². The Kier molecular flexibility index (Phi) is 3.43. The van der Waals surface area contributed by atoms with Crippen LogP contribution in [0.5, 0.6) is 0 Å². The molecule has 0 bridgehead atoms. The lowest BCUT2D eigenvalue weighted by atomic mass is 10.4. The van der Waals surface area contributed by atoms with Crippen LogP contribution in [0.1, 0.15) is 6.42 Å². The van der Waals surface area contributed by atoms with E-state index in [9.17, 15) is 13.9 Å². The van der Waals surface area contributed by atoms with Crippen LogP contribution in [0.2, 0.25) is 0 Å². The number of rotatable bonds is 2. The minimum atomic E-state index is -2.84. The predicted octanol–water partition coefficient (Wildman–Crippen LogP) is 0.630. The van der Waals surface area contributed by atoms with Gasteiger partial charge >= 0.3 is 22.5 Å². The second-order valence-electron chi connectivity index (χ2n) is 1.87. The van der Waals surface area contributed by atoms with E-state index in [1.807, 2.05) is 0 Å². The normalized spacial score (nSPS) is 36.2. The molecule has 0 aliphatic carbocycles. The van der Waals surface area contributed by atoms with Crippen molar-refractivity contribution in [2.24, 2.45) is 0 Å². The quantitative estimate of drug-likeness (QED) is 0.675. The average Bonchev–Trinajstić information content (AvgIpc) is 1.81. The molecular weight excluding hydrogens is 210 g/mol. The molecule has 0 spiro atoms. The van der Waals surface area contributed by atoms with E-state index >= 15 is 0 Å². The van der Waals surface area contributed by atoms with Gasteiger partial charge in [0.2, 0.25) is 0 Å². The Morgan fingerprint density at radius 2 is 1.83 bits per heavy atom. The minimum Gasteiger partial charge on any atom is -0.481 e. The average molecular weight is 216 g/mol. The Morgan fingerprint density at radius 1 is 1.33 bits per heavy atom. The van der Waals surface area contributed by atoms with Gasteiger partial charge in [-0.1, -0.05) is 0 Å². The molecule has 0 amide bonds. The van der Waals surface area contributed by atoms with Crippen LogP contribution in [0.25, 0.3) is 0 Å². The van der Waals surface area contributed by atoms with E-state index < -0.39 is 35.2 Å². The molecule has 1 aliphatic heterocycles. The number of carboxylic acid groups (broad SMARTS) is 1. The zero-order valence-electron chi connectivity index (χ0n) is 5.68. The van der Waals surface area contributed by atoms with Crippen LogP contribution in [0, 0.1) is 0 Å². The third-order valence-corrected chi connectivity index (χ3v) is 3.21. The smallest absolute Gasteiger partial charge is 0.328 e. The summed E-state index contributed by atoms with van der Waals surface area (Å²) in [7, 11) is -5.68. The molecule has 0 aromatic carbocycles. The molecule has 1 saturated heterocycles. The molecule has 2 atom stereocenters. The van der Waals surface area contributed by atoms with Gasteiger partial charge in [0.15, 0.2) is 6.29 Å². The van der Waals surface area contributed by atoms with E-state index in [2.05, 4.69) is 13.4 Å². The Morgan fingerprint density at radius 3 is 2.25 bits per heavy atom. The summed E-state index contributed by atoms with van der Waals surface area (Å²) in [6.07, 6.45) is -1.73. The summed E-state index contributed by atoms with van der Waals surface area (Å²) in [4.78, 5) is 10.1. The fourth-order valence-corrected chi connectivity index (χ4v) is 2.30. The van der Waals surface area contributed by atoms with Gasteiger partial charge in [0.25, 0.3) is 0 Å². The summed E-state index contributed by atoms with van der Waals surface area (Å²) in [5.74, 6) is -1.19. The molecule has 1 fully saturated rings. The van der Waals surface area contributed by atoms with Crippen LogP contribution in [0.4, 0.5) is 0 Å².